The Morgan fingerprint density at radius 2 is 1.37 bits per heavy atom. The Morgan fingerprint density at radius 3 is 2.23 bits per heavy atom. The van der Waals surface area contributed by atoms with Gasteiger partial charge >= 0.3 is 0 Å². The fourth-order valence-corrected chi connectivity index (χ4v) is 5.50. The lowest BCUT2D eigenvalue weighted by molar-refractivity contribution is -0.660. The second kappa shape index (κ2) is 7.54. The molecule has 7 rings (SSSR count). The van der Waals surface area contributed by atoms with Crippen LogP contribution in [0.3, 0.4) is 0 Å². The molecule has 0 aliphatic rings. The minimum atomic E-state index is 0.917. The van der Waals surface area contributed by atoms with Crippen molar-refractivity contribution in [1.82, 2.24) is 0 Å². The van der Waals surface area contributed by atoms with E-state index >= 15 is 0 Å². The SMILES string of the molecule is Cc1ccc2c(oc3cc(-c4cc5ccccc5c5ccccc45)ccc32)c1-c1cccc[n+]1C. The number of nitrogens with zero attached hydrogens (tertiary/aromatic N) is 1. The first-order valence-electron chi connectivity index (χ1n) is 12.0. The van der Waals surface area contributed by atoms with Gasteiger partial charge in [-0.2, -0.15) is 0 Å². The van der Waals surface area contributed by atoms with E-state index in [1.165, 1.54) is 38.2 Å². The Labute approximate surface area is 203 Å². The number of aryl methyl sites for hydroxylation is 2. The van der Waals surface area contributed by atoms with Crippen molar-refractivity contribution in [1.29, 1.82) is 0 Å². The van der Waals surface area contributed by atoms with E-state index in [9.17, 15) is 0 Å². The fourth-order valence-electron chi connectivity index (χ4n) is 5.50. The molecular weight excluding hydrogens is 426 g/mol. The third-order valence-electron chi connectivity index (χ3n) is 7.24. The number of furan rings is 1. The maximum absolute atomic E-state index is 6.62. The van der Waals surface area contributed by atoms with Gasteiger partial charge in [-0.05, 0) is 69.4 Å². The molecule has 0 radical (unpaired) electrons. The highest BCUT2D eigenvalue weighted by Gasteiger charge is 2.20. The molecule has 35 heavy (non-hydrogen) atoms. The normalized spacial score (nSPS) is 11.7. The molecule has 0 fully saturated rings. The van der Waals surface area contributed by atoms with Gasteiger partial charge in [0.15, 0.2) is 6.20 Å². The standard InChI is InChI=1S/C33H24NO/c1-21-14-16-28-27-17-15-23(20-31(27)35-33(28)32(21)30-13-7-8-18-34(30)2)29-19-22-9-3-4-10-24(22)25-11-5-6-12-26(25)29/h3-20H,1-2H3/q+1. The molecule has 166 valence electrons. The van der Waals surface area contributed by atoms with Crippen molar-refractivity contribution in [2.45, 2.75) is 6.92 Å². The Kier molecular flexibility index (Phi) is 4.31. The first-order valence-corrected chi connectivity index (χ1v) is 12.0. The minimum absolute atomic E-state index is 0.917. The van der Waals surface area contributed by atoms with E-state index in [0.29, 0.717) is 0 Å². The van der Waals surface area contributed by atoms with Gasteiger partial charge in [0.25, 0.3) is 0 Å². The number of hydrogen-bond donors (Lipinski definition) is 0. The van der Waals surface area contributed by atoms with Crippen LogP contribution in [0.5, 0.6) is 0 Å². The molecule has 2 nitrogen and oxygen atoms in total. The molecular formula is C33H24NO+. The van der Waals surface area contributed by atoms with Crippen LogP contribution >= 0.6 is 0 Å². The molecule has 0 bridgehead atoms. The number of aromatic nitrogens is 1. The van der Waals surface area contributed by atoms with Gasteiger partial charge in [-0.3, -0.25) is 0 Å². The molecule has 0 aliphatic heterocycles. The van der Waals surface area contributed by atoms with Crippen LogP contribution in [-0.4, -0.2) is 0 Å². The molecule has 0 N–H and O–H groups in total. The molecule has 0 aliphatic carbocycles. The molecule has 0 saturated heterocycles. The lowest BCUT2D eigenvalue weighted by atomic mass is 9.93. The van der Waals surface area contributed by atoms with Crippen molar-refractivity contribution in [2.24, 2.45) is 7.05 Å². The average Bonchev–Trinajstić information content (AvgIpc) is 3.26. The van der Waals surface area contributed by atoms with Gasteiger partial charge in [-0.25, -0.2) is 4.57 Å². The van der Waals surface area contributed by atoms with Gasteiger partial charge in [-0.15, -0.1) is 0 Å². The largest absolute Gasteiger partial charge is 0.455 e. The summed E-state index contributed by atoms with van der Waals surface area (Å²) in [4.78, 5) is 0. The van der Waals surface area contributed by atoms with Gasteiger partial charge < -0.3 is 4.42 Å². The molecule has 0 spiro atoms. The fraction of sp³-hybridized carbons (Fsp3) is 0.0606. The van der Waals surface area contributed by atoms with Crippen molar-refractivity contribution >= 4 is 43.5 Å². The number of rotatable bonds is 2. The quantitative estimate of drug-likeness (QED) is 0.191. The van der Waals surface area contributed by atoms with Crippen molar-refractivity contribution in [3.8, 4) is 22.4 Å². The van der Waals surface area contributed by atoms with E-state index in [2.05, 4.69) is 128 Å². The van der Waals surface area contributed by atoms with Crippen LogP contribution < -0.4 is 4.57 Å². The van der Waals surface area contributed by atoms with E-state index in [0.717, 1.165) is 33.2 Å². The van der Waals surface area contributed by atoms with Gasteiger partial charge in [0.1, 0.15) is 18.2 Å². The summed E-state index contributed by atoms with van der Waals surface area (Å²) in [6.45, 7) is 2.15. The Hall–Kier alpha value is -4.43. The topological polar surface area (TPSA) is 17.0 Å². The number of benzene rings is 5. The lowest BCUT2D eigenvalue weighted by Crippen LogP contribution is -2.30. The molecule has 2 aromatic heterocycles. The number of fused-ring (bicyclic) bond motifs is 6. The summed E-state index contributed by atoms with van der Waals surface area (Å²) in [6.07, 6.45) is 2.08. The summed E-state index contributed by atoms with van der Waals surface area (Å²) >= 11 is 0. The Morgan fingerprint density at radius 1 is 0.629 bits per heavy atom. The highest BCUT2D eigenvalue weighted by Crippen LogP contribution is 2.40. The maximum Gasteiger partial charge on any atom is 0.216 e. The highest BCUT2D eigenvalue weighted by molar-refractivity contribution is 6.15. The Balaban J connectivity index is 1.51. The third kappa shape index (κ3) is 3.00. The molecule has 2 heteroatoms. The summed E-state index contributed by atoms with van der Waals surface area (Å²) in [5.74, 6) is 0. The van der Waals surface area contributed by atoms with Gasteiger partial charge in [-0.1, -0.05) is 66.7 Å². The van der Waals surface area contributed by atoms with E-state index in [4.69, 9.17) is 4.42 Å². The first kappa shape index (κ1) is 20.0. The maximum atomic E-state index is 6.62. The van der Waals surface area contributed by atoms with Crippen molar-refractivity contribution in [3.05, 3.63) is 115 Å². The first-order chi connectivity index (χ1) is 17.2. The molecule has 7 aromatic rings. The second-order valence-corrected chi connectivity index (χ2v) is 9.33. The molecule has 0 saturated carbocycles. The predicted octanol–water partition coefficient (Wildman–Crippen LogP) is 8.36. The highest BCUT2D eigenvalue weighted by atomic mass is 16.3. The molecule has 0 atom stereocenters. The van der Waals surface area contributed by atoms with Crippen LogP contribution in [0.25, 0.3) is 65.9 Å². The van der Waals surface area contributed by atoms with Crippen molar-refractivity contribution < 1.29 is 8.98 Å². The molecule has 0 amide bonds. The summed E-state index contributed by atoms with van der Waals surface area (Å²) in [5.41, 5.74) is 7.77. The van der Waals surface area contributed by atoms with E-state index in [-0.39, 0.29) is 0 Å². The lowest BCUT2D eigenvalue weighted by Gasteiger charge is -2.11. The molecule has 2 heterocycles. The van der Waals surface area contributed by atoms with E-state index < -0.39 is 0 Å². The smallest absolute Gasteiger partial charge is 0.216 e. The number of hydrogen-bond acceptors (Lipinski definition) is 1. The molecule has 0 unspecified atom stereocenters. The second-order valence-electron chi connectivity index (χ2n) is 9.33. The summed E-state index contributed by atoms with van der Waals surface area (Å²) in [6, 6.07) is 36.9. The van der Waals surface area contributed by atoms with Crippen LogP contribution in [0.2, 0.25) is 0 Å². The zero-order valence-electron chi connectivity index (χ0n) is 19.7. The minimum Gasteiger partial charge on any atom is -0.455 e. The van der Waals surface area contributed by atoms with Crippen molar-refractivity contribution in [3.63, 3.8) is 0 Å². The predicted molar refractivity (Wildman–Crippen MR) is 146 cm³/mol. The van der Waals surface area contributed by atoms with Crippen LogP contribution in [0.4, 0.5) is 0 Å². The zero-order valence-corrected chi connectivity index (χ0v) is 19.7. The Bertz CT molecular complexity index is 1930. The van der Waals surface area contributed by atoms with Gasteiger partial charge in [0, 0.05) is 22.9 Å². The summed E-state index contributed by atoms with van der Waals surface area (Å²) in [5, 5.41) is 7.37. The summed E-state index contributed by atoms with van der Waals surface area (Å²) < 4.78 is 8.78. The van der Waals surface area contributed by atoms with Gasteiger partial charge in [0.2, 0.25) is 5.69 Å². The number of pyridine rings is 1. The van der Waals surface area contributed by atoms with Gasteiger partial charge in [0.05, 0.1) is 5.56 Å². The molecule has 5 aromatic carbocycles. The van der Waals surface area contributed by atoms with E-state index in [1.807, 2.05) is 0 Å². The van der Waals surface area contributed by atoms with E-state index in [1.54, 1.807) is 0 Å². The van der Waals surface area contributed by atoms with Crippen LogP contribution in [-0.2, 0) is 7.05 Å². The zero-order chi connectivity index (χ0) is 23.5. The monoisotopic (exact) mass is 450 g/mol. The van der Waals surface area contributed by atoms with Crippen molar-refractivity contribution in [2.75, 3.05) is 0 Å². The van der Waals surface area contributed by atoms with Crippen LogP contribution in [0.1, 0.15) is 5.56 Å². The van der Waals surface area contributed by atoms with Crippen LogP contribution in [0.15, 0.2) is 114 Å². The average molecular weight is 451 g/mol. The third-order valence-corrected chi connectivity index (χ3v) is 7.24. The van der Waals surface area contributed by atoms with Crippen LogP contribution in [0, 0.1) is 6.92 Å². The summed E-state index contributed by atoms with van der Waals surface area (Å²) in [7, 11) is 2.08.